The van der Waals surface area contributed by atoms with Crippen molar-refractivity contribution in [3.05, 3.63) is 45.5 Å². The van der Waals surface area contributed by atoms with Crippen molar-refractivity contribution < 1.29 is 22.7 Å². The van der Waals surface area contributed by atoms with Crippen molar-refractivity contribution in [3.63, 3.8) is 0 Å². The fourth-order valence-corrected chi connectivity index (χ4v) is 3.30. The molecule has 2 atom stereocenters. The summed E-state index contributed by atoms with van der Waals surface area (Å²) in [5, 5.41) is 7.87. The molecule has 0 radical (unpaired) electrons. The molecule has 0 unspecified atom stereocenters. The van der Waals surface area contributed by atoms with E-state index in [0.717, 1.165) is 22.8 Å². The second-order valence-corrected chi connectivity index (χ2v) is 7.50. The van der Waals surface area contributed by atoms with E-state index in [9.17, 15) is 18.0 Å². The molecule has 1 aromatic rings. The Labute approximate surface area is 155 Å². The number of carbonyl (C=O) groups excluding carboxylic acids is 1. The molecule has 1 aromatic carbocycles. The largest absolute Gasteiger partial charge is 0.461 e. The van der Waals surface area contributed by atoms with E-state index in [1.54, 1.807) is 32.9 Å². The fourth-order valence-electron chi connectivity index (χ4n) is 3.16. The molecule has 0 bridgehead atoms. The summed E-state index contributed by atoms with van der Waals surface area (Å²) in [6.45, 7) is 6.99. The van der Waals surface area contributed by atoms with Gasteiger partial charge in [-0.2, -0.15) is 18.4 Å². The molecule has 1 fully saturated rings. The van der Waals surface area contributed by atoms with Gasteiger partial charge in [0.1, 0.15) is 11.6 Å². The fraction of sp³-hybridized carbons (Fsp3) is 0.474. The number of allylic oxidation sites excluding steroid dienone is 2. The molecule has 0 heterocycles. The van der Waals surface area contributed by atoms with Crippen molar-refractivity contribution in [1.29, 1.82) is 5.26 Å². The topological polar surface area (TPSA) is 50.1 Å². The van der Waals surface area contributed by atoms with Crippen LogP contribution in [0.2, 0.25) is 0 Å². The Morgan fingerprint density at radius 1 is 1.38 bits per heavy atom. The van der Waals surface area contributed by atoms with Gasteiger partial charge in [0, 0.05) is 0 Å². The van der Waals surface area contributed by atoms with E-state index in [-0.39, 0.29) is 6.61 Å². The van der Waals surface area contributed by atoms with Gasteiger partial charge in [0.25, 0.3) is 0 Å². The van der Waals surface area contributed by atoms with Crippen LogP contribution in [0.4, 0.5) is 13.2 Å². The standard InChI is InChI=1S/C19H19ClF3NO2/c1-10-5-6-12(8-24)11(2)13(10)9-26-17(25)16-14(18(16,3)4)7-15(20)19(21,22)23/h5-7,14,16H,9H2,1-4H3/t14-,16-/m0/s1. The summed E-state index contributed by atoms with van der Waals surface area (Å²) in [4.78, 5) is 12.4. The molecule has 1 aliphatic carbocycles. The number of ether oxygens (including phenoxy) is 1. The lowest BCUT2D eigenvalue weighted by atomic mass is 9.99. The summed E-state index contributed by atoms with van der Waals surface area (Å²) in [6, 6.07) is 5.53. The number of hydrogen-bond acceptors (Lipinski definition) is 3. The lowest BCUT2D eigenvalue weighted by molar-refractivity contribution is -0.147. The predicted octanol–water partition coefficient (Wildman–Crippen LogP) is 5.18. The van der Waals surface area contributed by atoms with Crippen LogP contribution < -0.4 is 0 Å². The first kappa shape index (κ1) is 20.3. The number of nitrogens with zero attached hydrogens (tertiary/aromatic N) is 1. The molecule has 0 aliphatic heterocycles. The molecule has 0 saturated heterocycles. The van der Waals surface area contributed by atoms with E-state index in [4.69, 9.17) is 21.6 Å². The number of esters is 1. The zero-order valence-corrected chi connectivity index (χ0v) is 15.6. The molecule has 0 N–H and O–H groups in total. The molecule has 3 nitrogen and oxygen atoms in total. The molecule has 1 saturated carbocycles. The number of benzene rings is 1. The van der Waals surface area contributed by atoms with Crippen LogP contribution >= 0.6 is 11.6 Å². The lowest BCUT2D eigenvalue weighted by Gasteiger charge is -2.12. The van der Waals surface area contributed by atoms with Gasteiger partial charge >= 0.3 is 12.1 Å². The predicted molar refractivity (Wildman–Crippen MR) is 91.2 cm³/mol. The van der Waals surface area contributed by atoms with Gasteiger partial charge in [0.2, 0.25) is 0 Å². The highest BCUT2D eigenvalue weighted by atomic mass is 35.5. The smallest absolute Gasteiger partial charge is 0.426 e. The number of hydrogen-bond donors (Lipinski definition) is 0. The van der Waals surface area contributed by atoms with Gasteiger partial charge in [-0.15, -0.1) is 0 Å². The van der Waals surface area contributed by atoms with Crippen LogP contribution in [0.3, 0.4) is 0 Å². The van der Waals surface area contributed by atoms with Crippen molar-refractivity contribution in [1.82, 2.24) is 0 Å². The SMILES string of the molecule is Cc1ccc(C#N)c(C)c1COC(=O)[C@@H]1[C@H](C=C(Cl)C(F)(F)F)C1(C)C. The summed E-state index contributed by atoms with van der Waals surface area (Å²) in [7, 11) is 0. The van der Waals surface area contributed by atoms with Crippen molar-refractivity contribution in [2.75, 3.05) is 0 Å². The van der Waals surface area contributed by atoms with E-state index in [2.05, 4.69) is 6.07 Å². The molecule has 140 valence electrons. The number of rotatable bonds is 4. The number of aryl methyl sites for hydroxylation is 1. The van der Waals surface area contributed by atoms with Gasteiger partial charge in [0.05, 0.1) is 17.6 Å². The summed E-state index contributed by atoms with van der Waals surface area (Å²) in [5.41, 5.74) is 2.18. The average molecular weight is 386 g/mol. The van der Waals surface area contributed by atoms with Crippen molar-refractivity contribution in [2.24, 2.45) is 17.3 Å². The Balaban J connectivity index is 2.12. The van der Waals surface area contributed by atoms with Crippen LogP contribution in [-0.4, -0.2) is 12.1 Å². The van der Waals surface area contributed by atoms with E-state index < -0.39 is 34.4 Å². The number of alkyl halides is 3. The normalized spacial score (nSPS) is 21.9. The van der Waals surface area contributed by atoms with E-state index in [0.29, 0.717) is 5.56 Å². The molecule has 7 heteroatoms. The van der Waals surface area contributed by atoms with Crippen LogP contribution in [0.15, 0.2) is 23.2 Å². The van der Waals surface area contributed by atoms with Gasteiger partial charge in [-0.1, -0.05) is 37.6 Å². The highest BCUT2D eigenvalue weighted by Crippen LogP contribution is 2.60. The molecule has 0 aromatic heterocycles. The van der Waals surface area contributed by atoms with Crippen molar-refractivity contribution >= 4 is 17.6 Å². The van der Waals surface area contributed by atoms with Gasteiger partial charge in [0.15, 0.2) is 0 Å². The van der Waals surface area contributed by atoms with Gasteiger partial charge in [-0.05, 0) is 47.9 Å². The Morgan fingerprint density at radius 2 is 2.00 bits per heavy atom. The van der Waals surface area contributed by atoms with E-state index in [1.807, 2.05) is 6.92 Å². The maximum atomic E-state index is 12.6. The summed E-state index contributed by atoms with van der Waals surface area (Å²) in [5.74, 6) is -1.88. The van der Waals surface area contributed by atoms with Crippen molar-refractivity contribution in [3.8, 4) is 6.07 Å². The first-order valence-corrected chi connectivity index (χ1v) is 8.39. The minimum atomic E-state index is -4.62. The Bertz CT molecular complexity index is 806. The van der Waals surface area contributed by atoms with Crippen molar-refractivity contribution in [2.45, 2.75) is 40.5 Å². The molecule has 2 rings (SSSR count). The second kappa shape index (κ2) is 6.96. The van der Waals surface area contributed by atoms with Crippen LogP contribution in [0.25, 0.3) is 0 Å². The molecule has 26 heavy (non-hydrogen) atoms. The molecular weight excluding hydrogens is 367 g/mol. The summed E-state index contributed by atoms with van der Waals surface area (Å²) >= 11 is 5.29. The first-order chi connectivity index (χ1) is 11.9. The zero-order valence-electron chi connectivity index (χ0n) is 14.9. The van der Waals surface area contributed by atoms with Crippen LogP contribution in [0, 0.1) is 42.4 Å². The monoisotopic (exact) mass is 385 g/mol. The zero-order chi connectivity index (χ0) is 19.9. The Kier molecular flexibility index (Phi) is 5.44. The quantitative estimate of drug-likeness (QED) is 0.671. The van der Waals surface area contributed by atoms with Gasteiger partial charge in [-0.3, -0.25) is 4.79 Å². The molecule has 0 spiro atoms. The Morgan fingerprint density at radius 3 is 2.54 bits per heavy atom. The van der Waals surface area contributed by atoms with Crippen LogP contribution in [0.5, 0.6) is 0 Å². The van der Waals surface area contributed by atoms with E-state index in [1.165, 1.54) is 0 Å². The summed E-state index contributed by atoms with van der Waals surface area (Å²) < 4.78 is 43.2. The minimum absolute atomic E-state index is 0.0258. The molecular formula is C19H19ClF3NO2. The maximum absolute atomic E-state index is 12.6. The van der Waals surface area contributed by atoms with E-state index >= 15 is 0 Å². The number of halogens is 4. The average Bonchev–Trinajstić information content (AvgIpc) is 3.06. The lowest BCUT2D eigenvalue weighted by Crippen LogP contribution is -2.12. The number of nitriles is 1. The van der Waals surface area contributed by atoms with Gasteiger partial charge < -0.3 is 4.74 Å². The second-order valence-electron chi connectivity index (χ2n) is 7.09. The highest BCUT2D eigenvalue weighted by Gasteiger charge is 2.62. The highest BCUT2D eigenvalue weighted by molar-refractivity contribution is 6.30. The maximum Gasteiger partial charge on any atom is 0.426 e. The van der Waals surface area contributed by atoms with Crippen LogP contribution in [-0.2, 0) is 16.1 Å². The third-order valence-corrected chi connectivity index (χ3v) is 5.41. The first-order valence-electron chi connectivity index (χ1n) is 8.01. The number of carbonyl (C=O) groups is 1. The van der Waals surface area contributed by atoms with Gasteiger partial charge in [-0.25, -0.2) is 0 Å². The minimum Gasteiger partial charge on any atom is -0.461 e. The summed E-state index contributed by atoms with van der Waals surface area (Å²) in [6.07, 6.45) is -3.74. The molecule has 1 aliphatic rings. The van der Waals surface area contributed by atoms with Crippen LogP contribution in [0.1, 0.15) is 36.1 Å². The third kappa shape index (κ3) is 3.88. The molecule has 0 amide bonds. The third-order valence-electron chi connectivity index (χ3n) is 5.07. The Hall–Kier alpha value is -2.00.